The van der Waals surface area contributed by atoms with Crippen LogP contribution < -0.4 is 0 Å². The quantitative estimate of drug-likeness (QED) is 0.918. The van der Waals surface area contributed by atoms with E-state index in [4.69, 9.17) is 0 Å². The SMILES string of the molecule is O=C(O)[C@H]1CCCCN1C(=O)c1cccc2ncccc12. The highest BCUT2D eigenvalue weighted by molar-refractivity contribution is 6.07. The zero-order chi connectivity index (χ0) is 14.8. The lowest BCUT2D eigenvalue weighted by molar-refractivity contribution is -0.143. The van der Waals surface area contributed by atoms with E-state index in [1.165, 1.54) is 4.90 Å². The molecule has 21 heavy (non-hydrogen) atoms. The fraction of sp³-hybridized carbons (Fsp3) is 0.312. The number of fused-ring (bicyclic) bond motifs is 1. The van der Waals surface area contributed by atoms with Gasteiger partial charge in [0, 0.05) is 23.7 Å². The second kappa shape index (κ2) is 5.52. The number of nitrogens with zero attached hydrogens (tertiary/aromatic N) is 2. The summed E-state index contributed by atoms with van der Waals surface area (Å²) in [4.78, 5) is 29.8. The Morgan fingerprint density at radius 2 is 2.05 bits per heavy atom. The van der Waals surface area contributed by atoms with E-state index in [1.54, 1.807) is 24.4 Å². The van der Waals surface area contributed by atoms with Gasteiger partial charge in [-0.05, 0) is 37.5 Å². The summed E-state index contributed by atoms with van der Waals surface area (Å²) < 4.78 is 0. The van der Waals surface area contributed by atoms with Crippen LogP contribution in [0.3, 0.4) is 0 Å². The van der Waals surface area contributed by atoms with Crippen molar-refractivity contribution in [1.29, 1.82) is 0 Å². The van der Waals surface area contributed by atoms with Crippen LogP contribution in [0.5, 0.6) is 0 Å². The number of carbonyl (C=O) groups excluding carboxylic acids is 1. The van der Waals surface area contributed by atoms with E-state index < -0.39 is 12.0 Å². The van der Waals surface area contributed by atoms with E-state index in [1.807, 2.05) is 12.1 Å². The Kier molecular flexibility index (Phi) is 3.56. The third kappa shape index (κ3) is 2.46. The largest absolute Gasteiger partial charge is 0.480 e. The first-order valence-electron chi connectivity index (χ1n) is 7.06. The van der Waals surface area contributed by atoms with Crippen LogP contribution in [-0.2, 0) is 4.79 Å². The molecule has 1 aliphatic rings. The van der Waals surface area contributed by atoms with E-state index >= 15 is 0 Å². The highest BCUT2D eigenvalue weighted by atomic mass is 16.4. The minimum atomic E-state index is -0.929. The van der Waals surface area contributed by atoms with Gasteiger partial charge in [0.15, 0.2) is 0 Å². The van der Waals surface area contributed by atoms with Gasteiger partial charge in [-0.15, -0.1) is 0 Å². The molecule has 1 atom stereocenters. The zero-order valence-corrected chi connectivity index (χ0v) is 11.5. The number of benzene rings is 1. The van der Waals surface area contributed by atoms with Gasteiger partial charge in [-0.2, -0.15) is 0 Å². The van der Waals surface area contributed by atoms with Gasteiger partial charge in [-0.25, -0.2) is 4.79 Å². The van der Waals surface area contributed by atoms with Crippen molar-refractivity contribution in [2.45, 2.75) is 25.3 Å². The van der Waals surface area contributed by atoms with Crippen LogP contribution in [0.15, 0.2) is 36.5 Å². The number of carboxylic acid groups (broad SMARTS) is 1. The number of carbonyl (C=O) groups is 2. The first kappa shape index (κ1) is 13.5. The number of aliphatic carboxylic acids is 1. The number of pyridine rings is 1. The summed E-state index contributed by atoms with van der Waals surface area (Å²) in [5.41, 5.74) is 1.26. The third-order valence-electron chi connectivity index (χ3n) is 3.92. The van der Waals surface area contributed by atoms with Gasteiger partial charge >= 0.3 is 5.97 Å². The van der Waals surface area contributed by atoms with Crippen molar-refractivity contribution in [3.05, 3.63) is 42.1 Å². The lowest BCUT2D eigenvalue weighted by atomic mass is 9.99. The molecule has 0 unspecified atom stereocenters. The van der Waals surface area contributed by atoms with Crippen molar-refractivity contribution >= 4 is 22.8 Å². The van der Waals surface area contributed by atoms with Crippen LogP contribution in [0.4, 0.5) is 0 Å². The highest BCUT2D eigenvalue weighted by Gasteiger charge is 2.32. The van der Waals surface area contributed by atoms with Gasteiger partial charge < -0.3 is 10.0 Å². The minimum absolute atomic E-state index is 0.222. The predicted molar refractivity (Wildman–Crippen MR) is 78.1 cm³/mol. The Labute approximate surface area is 122 Å². The second-order valence-electron chi connectivity index (χ2n) is 5.22. The first-order valence-corrected chi connectivity index (χ1v) is 7.06. The fourth-order valence-electron chi connectivity index (χ4n) is 2.88. The first-order chi connectivity index (χ1) is 10.2. The topological polar surface area (TPSA) is 70.5 Å². The Balaban J connectivity index is 2.01. The summed E-state index contributed by atoms with van der Waals surface area (Å²) in [5, 5.41) is 10.1. The lowest BCUT2D eigenvalue weighted by Crippen LogP contribution is -2.48. The van der Waals surface area contributed by atoms with Crippen molar-refractivity contribution < 1.29 is 14.7 Å². The summed E-state index contributed by atoms with van der Waals surface area (Å²) in [6.45, 7) is 0.493. The monoisotopic (exact) mass is 284 g/mol. The standard InChI is InChI=1S/C16H16N2O3/c19-15(18-10-2-1-8-14(18)16(20)21)12-5-3-7-13-11(12)6-4-9-17-13/h3-7,9,14H,1-2,8,10H2,(H,20,21)/t14-/m1/s1. The van der Waals surface area contributed by atoms with Crippen molar-refractivity contribution in [2.75, 3.05) is 6.54 Å². The molecule has 2 heterocycles. The molecule has 5 heteroatoms. The van der Waals surface area contributed by atoms with Gasteiger partial charge in [0.1, 0.15) is 6.04 Å². The molecule has 1 aromatic heterocycles. The molecule has 0 aliphatic carbocycles. The number of hydrogen-bond donors (Lipinski definition) is 1. The van der Waals surface area contributed by atoms with Gasteiger partial charge in [0.05, 0.1) is 5.52 Å². The molecule has 1 amide bonds. The van der Waals surface area contributed by atoms with Crippen LogP contribution in [0, 0.1) is 0 Å². The smallest absolute Gasteiger partial charge is 0.326 e. The molecule has 1 saturated heterocycles. The normalized spacial score (nSPS) is 18.7. The molecule has 3 rings (SSSR count). The van der Waals surface area contributed by atoms with Crippen LogP contribution in [0.25, 0.3) is 10.9 Å². The number of aromatic nitrogens is 1. The molecule has 2 aromatic rings. The van der Waals surface area contributed by atoms with E-state index in [0.29, 0.717) is 18.5 Å². The molecular formula is C16H16N2O3. The molecule has 0 radical (unpaired) electrons. The minimum Gasteiger partial charge on any atom is -0.480 e. The molecule has 1 fully saturated rings. The molecule has 5 nitrogen and oxygen atoms in total. The molecule has 1 N–H and O–H groups in total. The van der Waals surface area contributed by atoms with E-state index in [0.717, 1.165) is 23.7 Å². The number of carboxylic acids is 1. The van der Waals surface area contributed by atoms with Crippen molar-refractivity contribution in [1.82, 2.24) is 9.88 Å². The van der Waals surface area contributed by atoms with E-state index in [-0.39, 0.29) is 5.91 Å². The van der Waals surface area contributed by atoms with Gasteiger partial charge in [0.25, 0.3) is 5.91 Å². The van der Waals surface area contributed by atoms with Crippen LogP contribution in [-0.4, -0.2) is 39.5 Å². The summed E-state index contributed by atoms with van der Waals surface area (Å²) in [6, 6.07) is 8.26. The Morgan fingerprint density at radius 3 is 2.86 bits per heavy atom. The molecule has 1 aromatic carbocycles. The van der Waals surface area contributed by atoms with E-state index in [9.17, 15) is 14.7 Å². The Morgan fingerprint density at radius 1 is 1.19 bits per heavy atom. The highest BCUT2D eigenvalue weighted by Crippen LogP contribution is 2.23. The fourth-order valence-corrected chi connectivity index (χ4v) is 2.88. The number of hydrogen-bond acceptors (Lipinski definition) is 3. The average molecular weight is 284 g/mol. The molecule has 108 valence electrons. The van der Waals surface area contributed by atoms with Crippen LogP contribution >= 0.6 is 0 Å². The third-order valence-corrected chi connectivity index (χ3v) is 3.92. The summed E-state index contributed by atoms with van der Waals surface area (Å²) in [6.07, 6.45) is 3.89. The molecular weight excluding hydrogens is 268 g/mol. The number of amides is 1. The maximum atomic E-state index is 12.8. The number of likely N-dealkylation sites (tertiary alicyclic amines) is 1. The van der Waals surface area contributed by atoms with E-state index in [2.05, 4.69) is 4.98 Å². The molecule has 0 spiro atoms. The summed E-state index contributed by atoms with van der Waals surface area (Å²) in [7, 11) is 0. The summed E-state index contributed by atoms with van der Waals surface area (Å²) in [5.74, 6) is -1.15. The van der Waals surface area contributed by atoms with Gasteiger partial charge in [-0.1, -0.05) is 12.1 Å². The maximum Gasteiger partial charge on any atom is 0.326 e. The van der Waals surface area contributed by atoms with Crippen molar-refractivity contribution in [2.24, 2.45) is 0 Å². The van der Waals surface area contributed by atoms with Crippen LogP contribution in [0.1, 0.15) is 29.6 Å². The molecule has 0 saturated carbocycles. The molecule has 0 bridgehead atoms. The lowest BCUT2D eigenvalue weighted by Gasteiger charge is -2.33. The Bertz CT molecular complexity index is 693. The zero-order valence-electron chi connectivity index (χ0n) is 11.5. The second-order valence-corrected chi connectivity index (χ2v) is 5.22. The maximum absolute atomic E-state index is 12.8. The van der Waals surface area contributed by atoms with Crippen molar-refractivity contribution in [3.8, 4) is 0 Å². The van der Waals surface area contributed by atoms with Gasteiger partial charge in [-0.3, -0.25) is 9.78 Å². The Hall–Kier alpha value is -2.43. The summed E-state index contributed by atoms with van der Waals surface area (Å²) >= 11 is 0. The number of rotatable bonds is 2. The average Bonchev–Trinajstić information content (AvgIpc) is 2.53. The predicted octanol–water partition coefficient (Wildman–Crippen LogP) is 2.31. The van der Waals surface area contributed by atoms with Crippen LogP contribution in [0.2, 0.25) is 0 Å². The van der Waals surface area contributed by atoms with Crippen molar-refractivity contribution in [3.63, 3.8) is 0 Å². The molecule has 1 aliphatic heterocycles. The number of piperidine rings is 1. The van der Waals surface area contributed by atoms with Gasteiger partial charge in [0.2, 0.25) is 0 Å².